The van der Waals surface area contributed by atoms with E-state index in [2.05, 4.69) is 93.3 Å². The van der Waals surface area contributed by atoms with Crippen LogP contribution in [0, 0.1) is 0 Å². The van der Waals surface area contributed by atoms with E-state index in [0.717, 1.165) is 24.3 Å². The van der Waals surface area contributed by atoms with Gasteiger partial charge in [0.1, 0.15) is 34.9 Å². The minimum atomic E-state index is -4.73. The third kappa shape index (κ3) is 13.9. The zero-order chi connectivity index (χ0) is 46.9. The quantitative estimate of drug-likeness (QED) is 0.0446. The molecule has 2 unspecified atom stereocenters. The van der Waals surface area contributed by atoms with Crippen LogP contribution in [0.4, 0.5) is 23.8 Å². The van der Waals surface area contributed by atoms with Gasteiger partial charge in [0.2, 0.25) is 34.0 Å². The Bertz CT molecular complexity index is 2600. The van der Waals surface area contributed by atoms with Crippen molar-refractivity contribution in [3.63, 3.8) is 0 Å². The molecule has 0 saturated carbocycles. The predicted octanol–water partition coefficient (Wildman–Crippen LogP) is -3.25. The first-order chi connectivity index (χ1) is 30.2. The van der Waals surface area contributed by atoms with Crippen LogP contribution in [-0.2, 0) is 56.2 Å². The van der Waals surface area contributed by atoms with Crippen molar-refractivity contribution in [3.05, 3.63) is 56.1 Å². The molecule has 1 radical (unpaired) electrons. The van der Waals surface area contributed by atoms with E-state index in [1.165, 1.54) is 0 Å². The molecule has 2 aliphatic carbocycles. The van der Waals surface area contributed by atoms with Crippen molar-refractivity contribution < 1.29 is 76.4 Å². The second kappa shape index (κ2) is 22.2. The standard InChI is InChI=1S/2C15H16ClN9O6S.Co/c2*1-6-10(12(28)25-22-6)24-23-9-5-7(32(29,30)31)4-8(11(9)27)18-15-20-13(16)19-14(21-15)17-2-3-26;/h2*4-5,10,23-24,26H,2-3H2,1H3,(H,25,28)(H,29,30,31)(H,17,19,20,21);/p+3. The number of allylic oxidation sites excluding steroid dienone is 6. The molecule has 65 heavy (non-hydrogen) atoms. The number of hydrazine groups is 2. The van der Waals surface area contributed by atoms with E-state index in [0.29, 0.717) is 11.4 Å². The summed E-state index contributed by atoms with van der Waals surface area (Å²) in [5.74, 6) is -3.38. The normalized spacial score (nSPS) is 19.6. The van der Waals surface area contributed by atoms with Crippen LogP contribution >= 0.6 is 23.2 Å². The monoisotopic (exact) mass is 1030 g/mol. The fraction of sp³-hybridized carbons (Fsp3) is 0.267. The van der Waals surface area contributed by atoms with Gasteiger partial charge in [-0.15, -0.1) is 0 Å². The number of halogens is 2. The van der Waals surface area contributed by atoms with Gasteiger partial charge in [0.05, 0.1) is 34.4 Å². The number of nitrogens with zero attached hydrogens (tertiary/aromatic N) is 10. The van der Waals surface area contributed by atoms with Crippen LogP contribution in [-0.4, -0.2) is 151 Å². The molecule has 0 aromatic carbocycles. The molecule has 0 spiro atoms. The van der Waals surface area contributed by atoms with Crippen LogP contribution in [0.1, 0.15) is 18.1 Å². The molecule has 0 saturated heterocycles. The summed E-state index contributed by atoms with van der Waals surface area (Å²) < 4.78 is 65.6. The maximum Gasteiger partial charge on any atom is 1.00 e. The van der Waals surface area contributed by atoms with Crippen LogP contribution < -0.4 is 43.2 Å². The van der Waals surface area contributed by atoms with Gasteiger partial charge in [-0.3, -0.25) is 28.3 Å². The molecular weight excluding hydrogens is 998 g/mol. The molecule has 2 aromatic heterocycles. The van der Waals surface area contributed by atoms with Crippen LogP contribution in [0.2, 0.25) is 10.6 Å². The van der Waals surface area contributed by atoms with Crippen LogP contribution in [0.5, 0.6) is 0 Å². The van der Waals surface area contributed by atoms with E-state index in [1.807, 2.05) is 0 Å². The first-order valence-corrected chi connectivity index (χ1v) is 21.1. The summed E-state index contributed by atoms with van der Waals surface area (Å²) in [6, 6.07) is -1.85. The van der Waals surface area contributed by atoms with Crippen molar-refractivity contribution in [3.8, 4) is 0 Å². The molecule has 35 heteroatoms. The summed E-state index contributed by atoms with van der Waals surface area (Å²) in [5.41, 5.74) is 13.6. The Kier molecular flexibility index (Phi) is 17.6. The largest absolute Gasteiger partial charge is 1.00 e. The predicted molar refractivity (Wildman–Crippen MR) is 226 cm³/mol. The number of hydrazone groups is 2. The Hall–Kier alpha value is -6.11. The van der Waals surface area contributed by atoms with Crippen LogP contribution in [0.3, 0.4) is 0 Å². The van der Waals surface area contributed by atoms with E-state index in [-0.39, 0.29) is 93.1 Å². The molecule has 4 heterocycles. The van der Waals surface area contributed by atoms with Crippen molar-refractivity contribution in [1.82, 2.24) is 62.5 Å². The van der Waals surface area contributed by atoms with E-state index < -0.39 is 76.9 Å². The number of aliphatic hydroxyl groups excluding tert-OH is 2. The van der Waals surface area contributed by atoms with Gasteiger partial charge in [-0.2, -0.15) is 56.9 Å². The molecule has 0 bridgehead atoms. The molecule has 4 aliphatic rings. The summed E-state index contributed by atoms with van der Waals surface area (Å²) in [5, 5.41) is 29.9. The van der Waals surface area contributed by atoms with Crippen LogP contribution in [0.15, 0.2) is 65.7 Å². The number of anilines is 2. The Balaban J connectivity index is 0.000000642. The van der Waals surface area contributed by atoms with Crippen molar-refractivity contribution in [2.24, 2.45) is 20.2 Å². The molecule has 6 rings (SSSR count). The number of amides is 2. The molecule has 2 aromatic rings. The van der Waals surface area contributed by atoms with E-state index in [1.54, 1.807) is 13.8 Å². The average molecular weight is 1030 g/mol. The van der Waals surface area contributed by atoms with Gasteiger partial charge in [-0.25, -0.2) is 31.7 Å². The van der Waals surface area contributed by atoms with Crippen LogP contribution in [0.25, 0.3) is 0 Å². The zero-order valence-corrected chi connectivity index (χ0v) is 36.9. The Morgan fingerprint density at radius 3 is 1.32 bits per heavy atom. The first-order valence-electron chi connectivity index (χ1n) is 17.5. The number of carbonyl (C=O) groups is 4. The number of hydrogen-bond acceptors (Lipinski definition) is 26. The van der Waals surface area contributed by atoms with Crippen molar-refractivity contribution in [1.29, 1.82) is 0 Å². The van der Waals surface area contributed by atoms with E-state index in [4.69, 9.17) is 33.4 Å². The van der Waals surface area contributed by atoms with Gasteiger partial charge in [0.15, 0.2) is 0 Å². The first kappa shape index (κ1) is 51.5. The second-order valence-electron chi connectivity index (χ2n) is 12.4. The smallest absolute Gasteiger partial charge is 0.395 e. The number of aromatic nitrogens is 6. The van der Waals surface area contributed by atoms with Crippen molar-refractivity contribution in [2.75, 3.05) is 36.9 Å². The zero-order valence-electron chi connectivity index (χ0n) is 35.7. The fourth-order valence-electron chi connectivity index (χ4n) is 4.88. The number of hydrogen-bond donors (Lipinski definition) is 12. The van der Waals surface area contributed by atoms with Gasteiger partial charge in [0.25, 0.3) is 43.9 Å². The maximum absolute atomic E-state index is 12.8. The summed E-state index contributed by atoms with van der Waals surface area (Å²) in [7, 11) is -9.47. The molecule has 2 atom stereocenters. The minimum Gasteiger partial charge on any atom is -0.395 e. The summed E-state index contributed by atoms with van der Waals surface area (Å²) in [4.78, 5) is 78.5. The van der Waals surface area contributed by atoms with Crippen molar-refractivity contribution >= 4 is 113 Å². The molecule has 2 aliphatic heterocycles. The molecule has 30 nitrogen and oxygen atoms in total. The number of aliphatic hydroxyl groups is 2. The van der Waals surface area contributed by atoms with Crippen molar-refractivity contribution in [2.45, 2.75) is 25.9 Å². The number of Topliss-reactive ketones (excluding diaryl/α,β-unsaturated/α-hetero) is 2. The molecular formula is C30H35Cl2CoN18O12S2+3. The third-order valence-corrected chi connectivity index (χ3v) is 9.85. The topological polar surface area (TPSA) is 440 Å². The molecule has 349 valence electrons. The number of nitrogens with one attached hydrogen (secondary N) is 8. The van der Waals surface area contributed by atoms with Gasteiger partial charge in [-0.05, 0) is 61.4 Å². The molecule has 12 N–H and O–H groups in total. The van der Waals surface area contributed by atoms with Gasteiger partial charge < -0.3 is 31.7 Å². The van der Waals surface area contributed by atoms with E-state index in [9.17, 15) is 45.1 Å². The van der Waals surface area contributed by atoms with E-state index >= 15 is 0 Å². The third-order valence-electron chi connectivity index (χ3n) is 7.85. The summed E-state index contributed by atoms with van der Waals surface area (Å²) >= 11 is 11.6. The summed E-state index contributed by atoms with van der Waals surface area (Å²) in [6.07, 6.45) is 3.35. The maximum atomic E-state index is 12.8. The molecule has 2 amide bonds. The number of ketones is 2. The fourth-order valence-corrected chi connectivity index (χ4v) is 6.24. The Labute approximate surface area is 390 Å². The van der Waals surface area contributed by atoms with Gasteiger partial charge in [0, 0.05) is 29.9 Å². The summed E-state index contributed by atoms with van der Waals surface area (Å²) in [6.45, 7) is 2.86. The number of rotatable bonds is 16. The minimum absolute atomic E-state index is 0. The van der Waals surface area contributed by atoms with Gasteiger partial charge in [-0.1, -0.05) is 0 Å². The SMILES string of the molecule is CC1=NNC(=O)C1NNC1=CC(S(=O)(=O)O)=CC(=Nc2nc(Cl)nc(NCCO)n2)C1=O.CC1=NNC(=O)C1NNC1=CC(S(=O)(=O)O)=CC(=Nc2nc(Cl)nc(NCCO)n2)C1=O.[Co].[H+].[H+].[H+]. The Morgan fingerprint density at radius 2 is 1.02 bits per heavy atom. The Morgan fingerprint density at radius 1 is 0.646 bits per heavy atom. The van der Waals surface area contributed by atoms with Gasteiger partial charge >= 0.3 is 4.28 Å². The number of aliphatic imine (C=N–C) groups is 2. The second-order valence-corrected chi connectivity index (χ2v) is 16.0. The average Bonchev–Trinajstić information content (AvgIpc) is 3.72. The molecule has 0 fully saturated rings. The number of carbonyl (C=O) groups excluding carboxylic acids is 4.